The molecular formula is C15H13N5O. The fraction of sp³-hybridized carbons (Fsp3) is 0. The maximum absolute atomic E-state index is 12.2. The van der Waals surface area contributed by atoms with Gasteiger partial charge in [-0.15, -0.1) is 0 Å². The van der Waals surface area contributed by atoms with Crippen molar-refractivity contribution in [2.75, 3.05) is 16.8 Å². The Labute approximate surface area is 120 Å². The van der Waals surface area contributed by atoms with Crippen molar-refractivity contribution in [3.8, 4) is 0 Å². The molecule has 3 rings (SSSR count). The second-order valence-electron chi connectivity index (χ2n) is 4.60. The molecule has 0 aliphatic heterocycles. The first-order valence-corrected chi connectivity index (χ1v) is 6.30. The summed E-state index contributed by atoms with van der Waals surface area (Å²) in [6.45, 7) is 0. The van der Waals surface area contributed by atoms with Crippen LogP contribution in [0.5, 0.6) is 0 Å². The maximum Gasteiger partial charge on any atom is 0.255 e. The fourth-order valence-electron chi connectivity index (χ4n) is 2.05. The van der Waals surface area contributed by atoms with Gasteiger partial charge in [0.1, 0.15) is 0 Å². The minimum atomic E-state index is -0.280. The van der Waals surface area contributed by atoms with Gasteiger partial charge < -0.3 is 16.8 Å². The van der Waals surface area contributed by atoms with Crippen LogP contribution in [0.25, 0.3) is 11.0 Å². The highest BCUT2D eigenvalue weighted by molar-refractivity contribution is 6.06. The largest absolute Gasteiger partial charge is 0.399 e. The summed E-state index contributed by atoms with van der Waals surface area (Å²) in [6, 6.07) is 10.1. The van der Waals surface area contributed by atoms with E-state index in [0.717, 1.165) is 5.52 Å². The van der Waals surface area contributed by atoms with Crippen LogP contribution in [0.1, 0.15) is 10.4 Å². The van der Waals surface area contributed by atoms with E-state index in [1.54, 1.807) is 48.8 Å². The molecule has 0 bridgehead atoms. The number of fused-ring (bicyclic) bond motifs is 1. The molecule has 6 heteroatoms. The molecule has 1 heterocycles. The zero-order valence-electron chi connectivity index (χ0n) is 11.1. The second-order valence-corrected chi connectivity index (χ2v) is 4.60. The van der Waals surface area contributed by atoms with Crippen LogP contribution in [0.4, 0.5) is 17.1 Å². The van der Waals surface area contributed by atoms with Crippen LogP contribution in [0.2, 0.25) is 0 Å². The van der Waals surface area contributed by atoms with Crippen molar-refractivity contribution in [3.63, 3.8) is 0 Å². The third kappa shape index (κ3) is 2.74. The molecule has 0 saturated carbocycles. The highest BCUT2D eigenvalue weighted by atomic mass is 16.1. The number of hydrogen-bond donors (Lipinski definition) is 3. The lowest BCUT2D eigenvalue weighted by Gasteiger charge is -2.07. The molecule has 2 aromatic carbocycles. The number of amides is 1. The monoisotopic (exact) mass is 279 g/mol. The topological polar surface area (TPSA) is 107 Å². The van der Waals surface area contributed by atoms with Crippen molar-refractivity contribution in [2.24, 2.45) is 0 Å². The van der Waals surface area contributed by atoms with Gasteiger partial charge in [0, 0.05) is 35.0 Å². The van der Waals surface area contributed by atoms with Gasteiger partial charge in [0.2, 0.25) is 0 Å². The lowest BCUT2D eigenvalue weighted by molar-refractivity contribution is 0.102. The van der Waals surface area contributed by atoms with E-state index in [1.807, 2.05) is 0 Å². The van der Waals surface area contributed by atoms with Crippen molar-refractivity contribution in [1.82, 2.24) is 9.97 Å². The van der Waals surface area contributed by atoms with Crippen LogP contribution in [0.3, 0.4) is 0 Å². The average molecular weight is 279 g/mol. The quantitative estimate of drug-likeness (QED) is 0.622. The van der Waals surface area contributed by atoms with E-state index in [1.165, 1.54) is 0 Å². The number of nitrogen functional groups attached to an aromatic ring is 2. The van der Waals surface area contributed by atoms with Crippen LogP contribution in [0, 0.1) is 0 Å². The van der Waals surface area contributed by atoms with E-state index in [-0.39, 0.29) is 5.91 Å². The molecule has 0 radical (unpaired) electrons. The van der Waals surface area contributed by atoms with Gasteiger partial charge in [-0.3, -0.25) is 14.8 Å². The molecule has 0 fully saturated rings. The van der Waals surface area contributed by atoms with Crippen LogP contribution >= 0.6 is 0 Å². The molecule has 21 heavy (non-hydrogen) atoms. The Balaban J connectivity index is 1.88. The molecule has 3 aromatic rings. The molecule has 0 unspecified atom stereocenters. The van der Waals surface area contributed by atoms with Crippen molar-refractivity contribution < 1.29 is 4.79 Å². The number of carbonyl (C=O) groups is 1. The van der Waals surface area contributed by atoms with Crippen molar-refractivity contribution in [1.29, 1.82) is 0 Å². The van der Waals surface area contributed by atoms with E-state index in [0.29, 0.717) is 28.1 Å². The summed E-state index contributed by atoms with van der Waals surface area (Å²) in [6.07, 6.45) is 3.22. The van der Waals surface area contributed by atoms with Gasteiger partial charge in [0.15, 0.2) is 0 Å². The summed E-state index contributed by atoms with van der Waals surface area (Å²) < 4.78 is 0. The first-order chi connectivity index (χ1) is 10.1. The molecule has 0 aliphatic rings. The minimum absolute atomic E-state index is 0.280. The molecule has 5 N–H and O–H groups in total. The number of anilines is 3. The van der Waals surface area contributed by atoms with E-state index >= 15 is 0 Å². The number of nitrogens with zero attached hydrogens (tertiary/aromatic N) is 2. The maximum atomic E-state index is 12.2. The van der Waals surface area contributed by atoms with Gasteiger partial charge in [-0.25, -0.2) is 0 Å². The number of benzene rings is 2. The van der Waals surface area contributed by atoms with E-state index in [2.05, 4.69) is 15.3 Å². The van der Waals surface area contributed by atoms with Crippen molar-refractivity contribution >= 4 is 34.0 Å². The molecule has 1 amide bonds. The predicted molar refractivity (Wildman–Crippen MR) is 82.8 cm³/mol. The number of nitrogens with one attached hydrogen (secondary N) is 1. The lowest BCUT2D eigenvalue weighted by Crippen LogP contribution is -2.12. The molecular weight excluding hydrogens is 266 g/mol. The smallest absolute Gasteiger partial charge is 0.255 e. The van der Waals surface area contributed by atoms with Gasteiger partial charge in [0.25, 0.3) is 5.91 Å². The van der Waals surface area contributed by atoms with Crippen molar-refractivity contribution in [3.05, 3.63) is 54.4 Å². The summed E-state index contributed by atoms with van der Waals surface area (Å²) >= 11 is 0. The van der Waals surface area contributed by atoms with E-state index in [9.17, 15) is 4.79 Å². The number of nitrogens with two attached hydrogens (primary N) is 2. The Kier molecular flexibility index (Phi) is 3.12. The van der Waals surface area contributed by atoms with Crippen LogP contribution in [-0.4, -0.2) is 15.9 Å². The number of rotatable bonds is 2. The zero-order chi connectivity index (χ0) is 14.8. The van der Waals surface area contributed by atoms with Gasteiger partial charge in [-0.1, -0.05) is 0 Å². The highest BCUT2D eigenvalue weighted by Gasteiger charge is 2.08. The Bertz CT molecular complexity index is 811. The molecule has 0 aliphatic carbocycles. The molecule has 0 saturated heterocycles. The van der Waals surface area contributed by atoms with Gasteiger partial charge >= 0.3 is 0 Å². The first-order valence-electron chi connectivity index (χ1n) is 6.30. The molecule has 104 valence electrons. The van der Waals surface area contributed by atoms with Gasteiger partial charge in [0.05, 0.1) is 11.0 Å². The van der Waals surface area contributed by atoms with E-state index in [4.69, 9.17) is 11.5 Å². The zero-order valence-corrected chi connectivity index (χ0v) is 11.1. The van der Waals surface area contributed by atoms with Crippen LogP contribution in [0.15, 0.2) is 48.8 Å². The Morgan fingerprint density at radius 3 is 2.29 bits per heavy atom. The molecule has 1 aromatic heterocycles. The van der Waals surface area contributed by atoms with E-state index < -0.39 is 0 Å². The summed E-state index contributed by atoms with van der Waals surface area (Å²) in [5, 5.41) is 2.79. The number of carbonyl (C=O) groups excluding carboxylic acids is 1. The number of aromatic nitrogens is 2. The van der Waals surface area contributed by atoms with Crippen molar-refractivity contribution in [2.45, 2.75) is 0 Å². The van der Waals surface area contributed by atoms with Gasteiger partial charge in [-0.2, -0.15) is 0 Å². The summed E-state index contributed by atoms with van der Waals surface area (Å²) in [7, 11) is 0. The predicted octanol–water partition coefficient (Wildman–Crippen LogP) is 2.05. The van der Waals surface area contributed by atoms with Gasteiger partial charge in [-0.05, 0) is 36.4 Å². The summed E-state index contributed by atoms with van der Waals surface area (Å²) in [4.78, 5) is 20.6. The Morgan fingerprint density at radius 2 is 1.57 bits per heavy atom. The first kappa shape index (κ1) is 12.9. The molecule has 0 spiro atoms. The average Bonchev–Trinajstić information content (AvgIpc) is 2.46. The SMILES string of the molecule is Nc1cc(N)cc(C(=O)Nc2ccc3nccnc3c2)c1. The third-order valence-electron chi connectivity index (χ3n) is 2.97. The highest BCUT2D eigenvalue weighted by Crippen LogP contribution is 2.18. The Morgan fingerprint density at radius 1 is 0.905 bits per heavy atom. The molecule has 0 atom stereocenters. The summed E-state index contributed by atoms with van der Waals surface area (Å²) in [5.41, 5.74) is 14.8. The summed E-state index contributed by atoms with van der Waals surface area (Å²) in [5.74, 6) is -0.280. The second kappa shape index (κ2) is 5.09. The standard InChI is InChI=1S/C15H13N5O/c16-10-5-9(6-11(17)7-10)15(21)20-12-1-2-13-14(8-12)19-4-3-18-13/h1-8H,16-17H2,(H,20,21). The fourth-order valence-corrected chi connectivity index (χ4v) is 2.05. The lowest BCUT2D eigenvalue weighted by atomic mass is 10.1. The number of hydrogen-bond acceptors (Lipinski definition) is 5. The molecule has 6 nitrogen and oxygen atoms in total. The van der Waals surface area contributed by atoms with Crippen LogP contribution in [-0.2, 0) is 0 Å². The third-order valence-corrected chi connectivity index (χ3v) is 2.97. The van der Waals surface area contributed by atoms with Crippen LogP contribution < -0.4 is 16.8 Å². The Hall–Kier alpha value is -3.15. The minimum Gasteiger partial charge on any atom is -0.399 e. The normalized spacial score (nSPS) is 10.5.